The van der Waals surface area contributed by atoms with Crippen molar-refractivity contribution in [1.29, 1.82) is 0 Å². The second-order valence-electron chi connectivity index (χ2n) is 7.08. The average molecular weight is 405 g/mol. The lowest BCUT2D eigenvalue weighted by atomic mass is 10.1. The fourth-order valence-electron chi connectivity index (χ4n) is 2.87. The number of nitrogens with one attached hydrogen (secondary N) is 3. The zero-order valence-corrected chi connectivity index (χ0v) is 18.4. The zero-order valence-electron chi connectivity index (χ0n) is 18.4. The van der Waals surface area contributed by atoms with Gasteiger partial charge in [0.2, 0.25) is 0 Å². The van der Waals surface area contributed by atoms with E-state index < -0.39 is 0 Å². The average Bonchev–Trinajstić information content (AvgIpc) is 2.75. The van der Waals surface area contributed by atoms with Crippen LogP contribution in [0.25, 0.3) is 11.1 Å². The molecule has 0 bridgehead atoms. The van der Waals surface area contributed by atoms with Crippen molar-refractivity contribution in [1.82, 2.24) is 10.7 Å². The maximum atomic E-state index is 5.42. The molecule has 0 aliphatic heterocycles. The van der Waals surface area contributed by atoms with E-state index in [-0.39, 0.29) is 0 Å². The van der Waals surface area contributed by atoms with Gasteiger partial charge in [-0.3, -0.25) is 5.84 Å². The minimum absolute atomic E-state index is 0.754. The van der Waals surface area contributed by atoms with Gasteiger partial charge in [0.05, 0.1) is 7.11 Å². The van der Waals surface area contributed by atoms with E-state index in [1.165, 1.54) is 16.7 Å². The fourth-order valence-corrected chi connectivity index (χ4v) is 2.87. The number of anilines is 1. The Morgan fingerprint density at radius 3 is 2.13 bits per heavy atom. The van der Waals surface area contributed by atoms with Gasteiger partial charge in [-0.25, -0.2) is 0 Å². The molecule has 0 saturated carbocycles. The third kappa shape index (κ3) is 6.87. The van der Waals surface area contributed by atoms with Crippen molar-refractivity contribution in [2.75, 3.05) is 12.4 Å². The van der Waals surface area contributed by atoms with E-state index in [2.05, 4.69) is 66.3 Å². The summed E-state index contributed by atoms with van der Waals surface area (Å²) in [5, 5.41) is 6.64. The molecule has 30 heavy (non-hydrogen) atoms. The molecule has 2 aromatic rings. The highest BCUT2D eigenvalue weighted by Crippen LogP contribution is 2.22. The topological polar surface area (TPSA) is 71.3 Å². The van der Waals surface area contributed by atoms with Crippen molar-refractivity contribution in [2.45, 2.75) is 27.7 Å². The number of rotatable bonds is 9. The highest BCUT2D eigenvalue weighted by molar-refractivity contribution is 5.69. The number of hydrazine groups is 1. The summed E-state index contributed by atoms with van der Waals surface area (Å²) in [7, 11) is 1.64. The molecule has 2 aromatic carbocycles. The van der Waals surface area contributed by atoms with Crippen LogP contribution < -0.4 is 21.9 Å². The van der Waals surface area contributed by atoms with Crippen LogP contribution in [0.15, 0.2) is 84.7 Å². The number of benzene rings is 2. The minimum Gasteiger partial charge on any atom is -0.496 e. The number of nitrogens with two attached hydrogens (primary N) is 1. The third-order valence-corrected chi connectivity index (χ3v) is 4.69. The molecule has 5 nitrogen and oxygen atoms in total. The van der Waals surface area contributed by atoms with Gasteiger partial charge in [0, 0.05) is 30.0 Å². The normalized spacial score (nSPS) is 13.1. The summed E-state index contributed by atoms with van der Waals surface area (Å²) in [6.07, 6.45) is 7.38. The van der Waals surface area contributed by atoms with Gasteiger partial charge in [-0.2, -0.15) is 0 Å². The van der Waals surface area contributed by atoms with Gasteiger partial charge in [-0.15, -0.1) is 0 Å². The van der Waals surface area contributed by atoms with Crippen molar-refractivity contribution in [3.63, 3.8) is 0 Å². The molecular formula is C25H32N4O. The third-order valence-electron chi connectivity index (χ3n) is 4.69. The summed E-state index contributed by atoms with van der Waals surface area (Å²) in [6, 6.07) is 16.7. The van der Waals surface area contributed by atoms with Crippen molar-refractivity contribution < 1.29 is 4.74 Å². The van der Waals surface area contributed by atoms with E-state index in [1.54, 1.807) is 19.4 Å². The number of ether oxygens (including phenoxy) is 1. The van der Waals surface area contributed by atoms with Gasteiger partial charge < -0.3 is 20.8 Å². The molecule has 0 saturated heterocycles. The first-order chi connectivity index (χ1) is 14.4. The van der Waals surface area contributed by atoms with Crippen LogP contribution in [0.2, 0.25) is 0 Å². The molecule has 0 atom stereocenters. The Bertz CT molecular complexity index is 936. The Hall–Kier alpha value is -3.44. The van der Waals surface area contributed by atoms with Crippen LogP contribution >= 0.6 is 0 Å². The number of hydrogen-bond donors (Lipinski definition) is 4. The van der Waals surface area contributed by atoms with Gasteiger partial charge in [-0.05, 0) is 68.2 Å². The standard InChI is InChI=1S/C25H32N4O/c1-18-6-8-22(9-7-18)19(2)16-27-17-20(3)29-24-12-10-23(11-13-24)21(4)25(30-5)14-15-28-26/h6-17,27-29H,26H2,1-5H3/b15-14-,19-16+,20-17+,25-21-. The van der Waals surface area contributed by atoms with Crippen LogP contribution in [-0.2, 0) is 4.74 Å². The molecule has 0 aromatic heterocycles. The summed E-state index contributed by atoms with van der Waals surface area (Å²) in [6.45, 7) is 8.22. The van der Waals surface area contributed by atoms with Gasteiger partial charge >= 0.3 is 0 Å². The molecule has 0 amide bonds. The van der Waals surface area contributed by atoms with E-state index >= 15 is 0 Å². The summed E-state index contributed by atoms with van der Waals surface area (Å²) in [5.41, 5.74) is 10.3. The van der Waals surface area contributed by atoms with Crippen molar-refractivity contribution in [3.8, 4) is 0 Å². The van der Waals surface area contributed by atoms with Crippen molar-refractivity contribution >= 4 is 16.8 Å². The highest BCUT2D eigenvalue weighted by atomic mass is 16.5. The fraction of sp³-hybridized carbons (Fsp3) is 0.200. The molecule has 0 aliphatic rings. The number of aryl methyl sites for hydroxylation is 1. The SMILES string of the molecule is COC(/C=C\NN)=C(/C)c1ccc(N/C(C)=C/N/C=C(\C)c2ccc(C)cc2)cc1. The lowest BCUT2D eigenvalue weighted by Crippen LogP contribution is -2.13. The lowest BCUT2D eigenvalue weighted by molar-refractivity contribution is 0.308. The lowest BCUT2D eigenvalue weighted by Gasteiger charge is -2.10. The molecule has 0 radical (unpaired) electrons. The Balaban J connectivity index is 2.00. The van der Waals surface area contributed by atoms with Crippen LogP contribution in [0.3, 0.4) is 0 Å². The Morgan fingerprint density at radius 2 is 1.53 bits per heavy atom. The number of hydrogen-bond acceptors (Lipinski definition) is 5. The first-order valence-electron chi connectivity index (χ1n) is 9.86. The Morgan fingerprint density at radius 1 is 0.900 bits per heavy atom. The molecule has 5 heteroatoms. The van der Waals surface area contributed by atoms with Crippen LogP contribution in [-0.4, -0.2) is 7.11 Å². The maximum absolute atomic E-state index is 5.42. The van der Waals surface area contributed by atoms with Crippen LogP contribution in [0.1, 0.15) is 37.5 Å². The predicted molar refractivity (Wildman–Crippen MR) is 128 cm³/mol. The van der Waals surface area contributed by atoms with E-state index in [0.29, 0.717) is 0 Å². The van der Waals surface area contributed by atoms with Crippen LogP contribution in [0, 0.1) is 6.92 Å². The maximum Gasteiger partial charge on any atom is 0.123 e. The first-order valence-corrected chi connectivity index (χ1v) is 9.86. The number of methoxy groups -OCH3 is 1. The van der Waals surface area contributed by atoms with Gasteiger partial charge in [-0.1, -0.05) is 42.0 Å². The molecule has 2 rings (SSSR count). The molecule has 0 aliphatic carbocycles. The van der Waals surface area contributed by atoms with E-state index in [9.17, 15) is 0 Å². The van der Waals surface area contributed by atoms with Crippen LogP contribution in [0.5, 0.6) is 0 Å². The molecule has 0 fully saturated rings. The van der Waals surface area contributed by atoms with E-state index in [1.807, 2.05) is 38.4 Å². The van der Waals surface area contributed by atoms with Gasteiger partial charge in [0.15, 0.2) is 0 Å². The smallest absolute Gasteiger partial charge is 0.123 e. The highest BCUT2D eigenvalue weighted by Gasteiger charge is 2.03. The van der Waals surface area contributed by atoms with E-state index in [0.717, 1.165) is 28.3 Å². The summed E-state index contributed by atoms with van der Waals surface area (Å²) < 4.78 is 5.42. The predicted octanol–water partition coefficient (Wildman–Crippen LogP) is 5.27. The molecule has 5 N–H and O–H groups in total. The molecular weight excluding hydrogens is 372 g/mol. The second-order valence-corrected chi connectivity index (χ2v) is 7.08. The first kappa shape index (κ1) is 22.8. The summed E-state index contributed by atoms with van der Waals surface area (Å²) >= 11 is 0. The minimum atomic E-state index is 0.754. The molecule has 0 unspecified atom stereocenters. The second kappa shape index (κ2) is 11.5. The van der Waals surface area contributed by atoms with Crippen molar-refractivity contribution in [3.05, 3.63) is 101 Å². The van der Waals surface area contributed by atoms with E-state index in [4.69, 9.17) is 10.6 Å². The van der Waals surface area contributed by atoms with Crippen LogP contribution in [0.4, 0.5) is 5.69 Å². The van der Waals surface area contributed by atoms with Gasteiger partial charge in [0.1, 0.15) is 5.76 Å². The number of allylic oxidation sites excluding steroid dienone is 4. The summed E-state index contributed by atoms with van der Waals surface area (Å²) in [5.74, 6) is 6.04. The quantitative estimate of drug-likeness (QED) is 0.198. The Labute approximate surface area is 180 Å². The van der Waals surface area contributed by atoms with Gasteiger partial charge in [0.25, 0.3) is 0 Å². The molecule has 0 heterocycles. The molecule has 0 spiro atoms. The molecule has 158 valence electrons. The van der Waals surface area contributed by atoms with Crippen molar-refractivity contribution in [2.24, 2.45) is 5.84 Å². The summed E-state index contributed by atoms with van der Waals surface area (Å²) in [4.78, 5) is 0. The largest absolute Gasteiger partial charge is 0.496 e. The monoisotopic (exact) mass is 404 g/mol. The zero-order chi connectivity index (χ0) is 21.9. The Kier molecular flexibility index (Phi) is 8.78.